The molecule has 128 valence electrons. The van der Waals surface area contributed by atoms with Gasteiger partial charge in [0, 0.05) is 13.0 Å². The van der Waals surface area contributed by atoms with Gasteiger partial charge in [-0.2, -0.15) is 0 Å². The Balaban J connectivity index is 1.73. The van der Waals surface area contributed by atoms with E-state index in [4.69, 9.17) is 22.1 Å². The number of nitrogens with zero attached hydrogens (tertiary/aromatic N) is 1. The Kier molecular flexibility index (Phi) is 7.42. The second-order valence-electron chi connectivity index (χ2n) is 5.20. The fourth-order valence-corrected chi connectivity index (χ4v) is 3.44. The number of aliphatic carboxylic acids is 1. The van der Waals surface area contributed by atoms with Crippen molar-refractivity contribution in [2.24, 2.45) is 0 Å². The van der Waals surface area contributed by atoms with Gasteiger partial charge in [0.2, 0.25) is 0 Å². The molecular weight excluding hydrogens is 346 g/mol. The van der Waals surface area contributed by atoms with Gasteiger partial charge in [-0.3, -0.25) is 14.5 Å². The summed E-state index contributed by atoms with van der Waals surface area (Å²) in [5.41, 5.74) is 1.21. The van der Waals surface area contributed by atoms with Gasteiger partial charge in [0.05, 0.1) is 18.1 Å². The van der Waals surface area contributed by atoms with Gasteiger partial charge in [0.15, 0.2) is 0 Å². The molecule has 24 heavy (non-hydrogen) atoms. The Morgan fingerprint density at radius 1 is 1.33 bits per heavy atom. The lowest BCUT2D eigenvalue weighted by Crippen LogP contribution is -2.29. The van der Waals surface area contributed by atoms with Gasteiger partial charge in [-0.05, 0) is 24.5 Å². The Morgan fingerprint density at radius 2 is 2.08 bits per heavy atom. The number of carboxylic acid groups (broad SMARTS) is 1. The molecule has 0 saturated carbocycles. The van der Waals surface area contributed by atoms with E-state index in [0.29, 0.717) is 35.4 Å². The molecule has 2 rings (SSSR count). The van der Waals surface area contributed by atoms with Crippen LogP contribution in [0.2, 0.25) is 0 Å². The van der Waals surface area contributed by atoms with Crippen molar-refractivity contribution in [2.75, 3.05) is 19.8 Å². The lowest BCUT2D eigenvalue weighted by atomic mass is 10.2. The third-order valence-electron chi connectivity index (χ3n) is 3.41. The number of carbonyl (C=O) groups excluding carboxylic acids is 1. The van der Waals surface area contributed by atoms with Crippen LogP contribution in [-0.4, -0.2) is 46.0 Å². The third-order valence-corrected chi connectivity index (χ3v) is 4.84. The molecule has 0 aliphatic carbocycles. The number of hydrogen-bond donors (Lipinski definition) is 1. The minimum Gasteiger partial charge on any atom is -0.481 e. The standard InChI is InChI=1S/C17H19NO4S2/c19-15(20)7-4-10-18-16(21)14(24-17(18)23)9-12-22-11-8-13-5-2-1-3-6-13/h1-3,5-6,9H,4,7-8,10-12H2,(H,19,20)/b14-9-. The number of thiocarbonyl (C=S) groups is 1. The molecule has 0 spiro atoms. The highest BCUT2D eigenvalue weighted by Gasteiger charge is 2.31. The first-order valence-corrected chi connectivity index (χ1v) is 8.87. The average Bonchev–Trinajstić information content (AvgIpc) is 2.83. The molecule has 0 aromatic heterocycles. The first-order valence-electron chi connectivity index (χ1n) is 7.65. The summed E-state index contributed by atoms with van der Waals surface area (Å²) in [4.78, 5) is 24.8. The number of benzene rings is 1. The Morgan fingerprint density at radius 3 is 2.79 bits per heavy atom. The van der Waals surface area contributed by atoms with Gasteiger partial charge in [0.1, 0.15) is 4.32 Å². The molecule has 5 nitrogen and oxygen atoms in total. The highest BCUT2D eigenvalue weighted by Crippen LogP contribution is 2.30. The first-order chi connectivity index (χ1) is 11.6. The molecule has 0 unspecified atom stereocenters. The summed E-state index contributed by atoms with van der Waals surface area (Å²) in [6, 6.07) is 10.1. The van der Waals surface area contributed by atoms with Crippen molar-refractivity contribution in [1.29, 1.82) is 0 Å². The SMILES string of the molecule is O=C(O)CCCN1C(=O)/C(=C/COCCc2ccccc2)SC1=S. The van der Waals surface area contributed by atoms with Crippen LogP contribution in [0, 0.1) is 0 Å². The summed E-state index contributed by atoms with van der Waals surface area (Å²) in [6.07, 6.45) is 2.98. The number of thioether (sulfide) groups is 1. The largest absolute Gasteiger partial charge is 0.481 e. The zero-order chi connectivity index (χ0) is 17.4. The number of rotatable bonds is 9. The van der Waals surface area contributed by atoms with E-state index < -0.39 is 5.97 Å². The molecule has 1 aliphatic heterocycles. The summed E-state index contributed by atoms with van der Waals surface area (Å²) in [6.45, 7) is 1.27. The molecule has 1 N–H and O–H groups in total. The predicted molar refractivity (Wildman–Crippen MR) is 97.8 cm³/mol. The number of amides is 1. The van der Waals surface area contributed by atoms with Gasteiger partial charge in [0.25, 0.3) is 5.91 Å². The summed E-state index contributed by atoms with van der Waals surface area (Å²) < 4.78 is 6.02. The smallest absolute Gasteiger partial charge is 0.303 e. The Hall–Kier alpha value is -1.70. The van der Waals surface area contributed by atoms with E-state index >= 15 is 0 Å². The lowest BCUT2D eigenvalue weighted by Gasteiger charge is -2.13. The highest BCUT2D eigenvalue weighted by molar-refractivity contribution is 8.26. The predicted octanol–water partition coefficient (Wildman–Crippen LogP) is 2.85. The van der Waals surface area contributed by atoms with Crippen LogP contribution in [0.25, 0.3) is 0 Å². The van der Waals surface area contributed by atoms with E-state index in [9.17, 15) is 9.59 Å². The topological polar surface area (TPSA) is 66.8 Å². The van der Waals surface area contributed by atoms with Crippen LogP contribution in [0.15, 0.2) is 41.3 Å². The van der Waals surface area contributed by atoms with Crippen LogP contribution >= 0.6 is 24.0 Å². The quantitative estimate of drug-likeness (QED) is 0.412. The van der Waals surface area contributed by atoms with Gasteiger partial charge < -0.3 is 9.84 Å². The molecule has 1 aliphatic rings. The van der Waals surface area contributed by atoms with Gasteiger partial charge >= 0.3 is 5.97 Å². The number of carboxylic acids is 1. The third kappa shape index (κ3) is 5.74. The van der Waals surface area contributed by atoms with Crippen molar-refractivity contribution >= 4 is 40.2 Å². The summed E-state index contributed by atoms with van der Waals surface area (Å²) >= 11 is 6.41. The van der Waals surface area contributed by atoms with Crippen LogP contribution in [0.5, 0.6) is 0 Å². The molecule has 1 fully saturated rings. The second kappa shape index (κ2) is 9.56. The van der Waals surface area contributed by atoms with Crippen molar-refractivity contribution in [2.45, 2.75) is 19.3 Å². The van der Waals surface area contributed by atoms with Crippen molar-refractivity contribution in [3.05, 3.63) is 46.9 Å². The van der Waals surface area contributed by atoms with Crippen LogP contribution in [0.4, 0.5) is 0 Å². The highest BCUT2D eigenvalue weighted by atomic mass is 32.2. The zero-order valence-corrected chi connectivity index (χ0v) is 14.8. The van der Waals surface area contributed by atoms with Crippen molar-refractivity contribution in [3.8, 4) is 0 Å². The normalized spacial score (nSPS) is 16.2. The average molecular weight is 365 g/mol. The second-order valence-corrected chi connectivity index (χ2v) is 6.88. The van der Waals surface area contributed by atoms with Crippen LogP contribution < -0.4 is 0 Å². The molecule has 0 bridgehead atoms. The maximum absolute atomic E-state index is 12.2. The van der Waals surface area contributed by atoms with Crippen LogP contribution in [-0.2, 0) is 20.7 Å². The van der Waals surface area contributed by atoms with Crippen LogP contribution in [0.1, 0.15) is 18.4 Å². The number of ether oxygens (including phenoxy) is 1. The monoisotopic (exact) mass is 365 g/mol. The summed E-state index contributed by atoms with van der Waals surface area (Å²) in [5, 5.41) is 8.65. The van der Waals surface area contributed by atoms with E-state index in [1.165, 1.54) is 22.2 Å². The molecule has 0 radical (unpaired) electrons. The molecule has 1 amide bonds. The van der Waals surface area contributed by atoms with E-state index in [1.807, 2.05) is 30.3 Å². The van der Waals surface area contributed by atoms with E-state index in [2.05, 4.69) is 0 Å². The maximum Gasteiger partial charge on any atom is 0.303 e. The van der Waals surface area contributed by atoms with E-state index in [-0.39, 0.29) is 12.3 Å². The summed E-state index contributed by atoms with van der Waals surface area (Å²) in [5.74, 6) is -1.04. The minimum atomic E-state index is -0.872. The molecule has 7 heteroatoms. The molecule has 1 aromatic rings. The molecular formula is C17H19NO4S2. The first kappa shape index (κ1) is 18.6. The fourth-order valence-electron chi connectivity index (χ4n) is 2.17. The molecule has 1 aromatic carbocycles. The summed E-state index contributed by atoms with van der Waals surface area (Å²) in [7, 11) is 0. The van der Waals surface area contributed by atoms with Crippen LogP contribution in [0.3, 0.4) is 0 Å². The van der Waals surface area contributed by atoms with E-state index in [0.717, 1.165) is 6.42 Å². The number of hydrogen-bond acceptors (Lipinski definition) is 5. The Bertz CT molecular complexity index is 631. The van der Waals surface area contributed by atoms with Gasteiger partial charge in [-0.1, -0.05) is 54.3 Å². The minimum absolute atomic E-state index is 0.0265. The molecule has 1 saturated heterocycles. The Labute approximate surface area is 150 Å². The molecule has 0 atom stereocenters. The maximum atomic E-state index is 12.2. The van der Waals surface area contributed by atoms with E-state index in [1.54, 1.807) is 6.08 Å². The van der Waals surface area contributed by atoms with Crippen molar-refractivity contribution in [3.63, 3.8) is 0 Å². The fraction of sp³-hybridized carbons (Fsp3) is 0.353. The van der Waals surface area contributed by atoms with Crippen molar-refractivity contribution in [1.82, 2.24) is 4.90 Å². The zero-order valence-electron chi connectivity index (χ0n) is 13.1. The van der Waals surface area contributed by atoms with Crippen molar-refractivity contribution < 1.29 is 19.4 Å². The van der Waals surface area contributed by atoms with Gasteiger partial charge in [-0.25, -0.2) is 0 Å². The molecule has 1 heterocycles. The lowest BCUT2D eigenvalue weighted by molar-refractivity contribution is -0.137. The number of carbonyl (C=O) groups is 2. The van der Waals surface area contributed by atoms with Gasteiger partial charge in [-0.15, -0.1) is 0 Å².